The van der Waals surface area contributed by atoms with E-state index >= 15 is 0 Å². The second-order valence-corrected chi connectivity index (χ2v) is 7.72. The van der Waals surface area contributed by atoms with E-state index in [4.69, 9.17) is 9.84 Å². The van der Waals surface area contributed by atoms with Crippen molar-refractivity contribution in [2.75, 3.05) is 11.9 Å². The summed E-state index contributed by atoms with van der Waals surface area (Å²) >= 11 is 1.55. The summed E-state index contributed by atoms with van der Waals surface area (Å²) in [7, 11) is 0. The Bertz CT molecular complexity index is 1270. The Morgan fingerprint density at radius 2 is 1.94 bits per heavy atom. The lowest BCUT2D eigenvalue weighted by Gasteiger charge is -2.06. The minimum Gasteiger partial charge on any atom is -0.494 e. The molecule has 0 bridgehead atoms. The Morgan fingerprint density at radius 1 is 1.16 bits per heavy atom. The van der Waals surface area contributed by atoms with Gasteiger partial charge in [-0.1, -0.05) is 24.3 Å². The molecule has 0 aliphatic heterocycles. The van der Waals surface area contributed by atoms with Gasteiger partial charge in [-0.15, -0.1) is 11.3 Å². The molecule has 1 amide bonds. The molecule has 4 rings (SSSR count). The highest BCUT2D eigenvalue weighted by Gasteiger charge is 2.16. The van der Waals surface area contributed by atoms with E-state index in [1.165, 1.54) is 0 Å². The van der Waals surface area contributed by atoms with Crippen molar-refractivity contribution in [1.82, 2.24) is 9.78 Å². The number of benzene rings is 2. The molecule has 7 heteroatoms. The zero-order valence-electron chi connectivity index (χ0n) is 17.4. The summed E-state index contributed by atoms with van der Waals surface area (Å²) in [6.45, 7) is 2.47. The van der Waals surface area contributed by atoms with Crippen LogP contribution in [0.1, 0.15) is 12.5 Å². The summed E-state index contributed by atoms with van der Waals surface area (Å²) in [5.74, 6) is 0.233. The van der Waals surface area contributed by atoms with E-state index in [1.54, 1.807) is 46.4 Å². The van der Waals surface area contributed by atoms with E-state index in [1.807, 2.05) is 67.0 Å². The highest BCUT2D eigenvalue weighted by atomic mass is 32.1. The van der Waals surface area contributed by atoms with Crippen LogP contribution in [0.2, 0.25) is 0 Å². The van der Waals surface area contributed by atoms with Gasteiger partial charge < -0.3 is 10.1 Å². The van der Waals surface area contributed by atoms with Crippen LogP contribution in [0.4, 0.5) is 5.69 Å². The number of nitrogens with one attached hydrogen (secondary N) is 1. The van der Waals surface area contributed by atoms with Crippen molar-refractivity contribution in [1.29, 1.82) is 5.26 Å². The van der Waals surface area contributed by atoms with E-state index in [9.17, 15) is 10.1 Å². The summed E-state index contributed by atoms with van der Waals surface area (Å²) in [6, 6.07) is 22.6. The molecule has 0 unspecified atom stereocenters. The van der Waals surface area contributed by atoms with Crippen LogP contribution in [0.3, 0.4) is 0 Å². The maximum atomic E-state index is 12.8. The Labute approximate surface area is 190 Å². The lowest BCUT2D eigenvalue weighted by Crippen LogP contribution is -2.13. The number of nitriles is 1. The van der Waals surface area contributed by atoms with Crippen molar-refractivity contribution < 1.29 is 9.53 Å². The molecule has 0 aliphatic carbocycles. The van der Waals surface area contributed by atoms with Crippen molar-refractivity contribution in [3.05, 3.63) is 89.4 Å². The van der Waals surface area contributed by atoms with Crippen molar-refractivity contribution >= 4 is 29.0 Å². The number of hydrogen-bond acceptors (Lipinski definition) is 5. The molecule has 1 N–H and O–H groups in total. The van der Waals surface area contributed by atoms with Gasteiger partial charge in [-0.05, 0) is 60.8 Å². The van der Waals surface area contributed by atoms with Crippen LogP contribution in [-0.2, 0) is 4.79 Å². The monoisotopic (exact) mass is 440 g/mol. The number of para-hydroxylation sites is 1. The zero-order valence-corrected chi connectivity index (χ0v) is 18.2. The van der Waals surface area contributed by atoms with Gasteiger partial charge in [0.15, 0.2) is 0 Å². The fraction of sp³-hybridized carbons (Fsp3) is 0.0800. The molecule has 158 valence electrons. The molecule has 0 spiro atoms. The fourth-order valence-corrected chi connectivity index (χ4v) is 3.85. The molecule has 0 atom stereocenters. The molecule has 0 fully saturated rings. The van der Waals surface area contributed by atoms with Gasteiger partial charge in [0.05, 0.1) is 17.2 Å². The van der Waals surface area contributed by atoms with Crippen LogP contribution in [-0.4, -0.2) is 22.3 Å². The predicted molar refractivity (Wildman–Crippen MR) is 127 cm³/mol. The second kappa shape index (κ2) is 9.77. The molecule has 2 aromatic carbocycles. The van der Waals surface area contributed by atoms with Crippen LogP contribution < -0.4 is 10.1 Å². The molecule has 0 saturated heterocycles. The number of nitrogens with zero attached hydrogens (tertiary/aromatic N) is 3. The molecule has 0 saturated carbocycles. The molecule has 4 aromatic rings. The maximum Gasteiger partial charge on any atom is 0.266 e. The Hall–Kier alpha value is -4.15. The quantitative estimate of drug-likeness (QED) is 0.302. The lowest BCUT2D eigenvalue weighted by molar-refractivity contribution is -0.112. The average Bonchev–Trinajstić information content (AvgIpc) is 3.49. The minimum absolute atomic E-state index is 0.00991. The number of carbonyl (C=O) groups excluding carboxylic acids is 1. The Balaban J connectivity index is 1.65. The first-order valence-electron chi connectivity index (χ1n) is 10.0. The summed E-state index contributed by atoms with van der Waals surface area (Å²) in [4.78, 5) is 13.7. The fourth-order valence-electron chi connectivity index (χ4n) is 3.11. The van der Waals surface area contributed by atoms with E-state index in [-0.39, 0.29) is 5.57 Å². The molecule has 6 nitrogen and oxygen atoms in total. The van der Waals surface area contributed by atoms with Crippen LogP contribution in [0, 0.1) is 11.3 Å². The van der Waals surface area contributed by atoms with Gasteiger partial charge in [-0.25, -0.2) is 4.68 Å². The van der Waals surface area contributed by atoms with Gasteiger partial charge in [0.25, 0.3) is 5.91 Å². The number of aromatic nitrogens is 2. The van der Waals surface area contributed by atoms with Crippen molar-refractivity contribution in [2.24, 2.45) is 0 Å². The summed E-state index contributed by atoms with van der Waals surface area (Å²) in [6.07, 6.45) is 3.40. The van der Waals surface area contributed by atoms with E-state index in [0.29, 0.717) is 23.6 Å². The maximum absolute atomic E-state index is 12.8. The third-order valence-electron chi connectivity index (χ3n) is 4.61. The Kier molecular flexibility index (Phi) is 6.44. The summed E-state index contributed by atoms with van der Waals surface area (Å²) in [5.41, 5.74) is 2.87. The first-order chi connectivity index (χ1) is 15.7. The van der Waals surface area contributed by atoms with Crippen LogP contribution >= 0.6 is 11.3 Å². The first kappa shape index (κ1) is 21.1. The van der Waals surface area contributed by atoms with Crippen molar-refractivity contribution in [3.8, 4) is 28.1 Å². The molecular weight excluding hydrogens is 420 g/mol. The third-order valence-corrected chi connectivity index (χ3v) is 5.48. The number of hydrogen-bond donors (Lipinski definition) is 1. The number of carbonyl (C=O) groups is 1. The number of anilines is 1. The average molecular weight is 441 g/mol. The second-order valence-electron chi connectivity index (χ2n) is 6.77. The molecule has 2 aromatic heterocycles. The standard InChI is InChI=1S/C25H20N4O2S/c1-2-31-22-12-10-20(11-13-22)27-25(30)18(16-26)15-19-17-29(21-7-4-3-5-8-21)28-24(19)23-9-6-14-32-23/h3-15,17H,2H2,1H3,(H,27,30). The highest BCUT2D eigenvalue weighted by Crippen LogP contribution is 2.29. The van der Waals surface area contributed by atoms with Gasteiger partial charge in [-0.2, -0.15) is 10.4 Å². The number of thiophene rings is 1. The largest absolute Gasteiger partial charge is 0.494 e. The van der Waals surface area contributed by atoms with E-state index in [0.717, 1.165) is 16.3 Å². The van der Waals surface area contributed by atoms with Gasteiger partial charge in [0, 0.05) is 17.4 Å². The third kappa shape index (κ3) is 4.77. The smallest absolute Gasteiger partial charge is 0.266 e. The van der Waals surface area contributed by atoms with Crippen molar-refractivity contribution in [2.45, 2.75) is 6.92 Å². The zero-order chi connectivity index (χ0) is 22.3. The highest BCUT2D eigenvalue weighted by molar-refractivity contribution is 7.13. The van der Waals surface area contributed by atoms with E-state index in [2.05, 4.69) is 5.32 Å². The lowest BCUT2D eigenvalue weighted by atomic mass is 10.1. The summed E-state index contributed by atoms with van der Waals surface area (Å²) in [5, 5.41) is 19.1. The van der Waals surface area contributed by atoms with Crippen LogP contribution in [0.5, 0.6) is 5.75 Å². The minimum atomic E-state index is -0.485. The molecule has 32 heavy (non-hydrogen) atoms. The topological polar surface area (TPSA) is 79.9 Å². The molecule has 2 heterocycles. The van der Waals surface area contributed by atoms with Gasteiger partial charge in [0.1, 0.15) is 23.1 Å². The van der Waals surface area contributed by atoms with Crippen molar-refractivity contribution in [3.63, 3.8) is 0 Å². The normalized spacial score (nSPS) is 11.1. The first-order valence-corrected chi connectivity index (χ1v) is 10.9. The van der Waals surface area contributed by atoms with Gasteiger partial charge in [0.2, 0.25) is 0 Å². The number of amides is 1. The van der Waals surface area contributed by atoms with Gasteiger partial charge in [-0.3, -0.25) is 4.79 Å². The molecular formula is C25H20N4O2S. The predicted octanol–water partition coefficient (Wildman–Crippen LogP) is 5.55. The van der Waals surface area contributed by atoms with Gasteiger partial charge >= 0.3 is 0 Å². The molecule has 0 radical (unpaired) electrons. The summed E-state index contributed by atoms with van der Waals surface area (Å²) < 4.78 is 7.17. The van der Waals surface area contributed by atoms with Crippen LogP contribution in [0.25, 0.3) is 22.3 Å². The number of rotatable bonds is 7. The molecule has 0 aliphatic rings. The number of ether oxygens (including phenoxy) is 1. The SMILES string of the molecule is CCOc1ccc(NC(=O)C(C#N)=Cc2cn(-c3ccccc3)nc2-c2cccs2)cc1. The van der Waals surface area contributed by atoms with E-state index < -0.39 is 5.91 Å². The Morgan fingerprint density at radius 3 is 2.59 bits per heavy atom. The van der Waals surface area contributed by atoms with Crippen LogP contribution in [0.15, 0.2) is 83.9 Å².